The highest BCUT2D eigenvalue weighted by Gasteiger charge is 2.30. The van der Waals surface area contributed by atoms with Crippen LogP contribution >= 0.6 is 11.6 Å². The predicted molar refractivity (Wildman–Crippen MR) is 211 cm³/mol. The Morgan fingerprint density at radius 2 is 1.52 bits per heavy atom. The van der Waals surface area contributed by atoms with Crippen LogP contribution in [-0.2, 0) is 30.5 Å². The number of ether oxygens (including phenoxy) is 3. The number of aromatic nitrogens is 1. The highest BCUT2D eigenvalue weighted by molar-refractivity contribution is 6.32. The third kappa shape index (κ3) is 10.7. The molecule has 0 radical (unpaired) electrons. The molecule has 2 heterocycles. The molecule has 0 bridgehead atoms. The van der Waals surface area contributed by atoms with E-state index in [4.69, 9.17) is 25.8 Å². The molecule has 290 valence electrons. The van der Waals surface area contributed by atoms with E-state index >= 15 is 0 Å². The van der Waals surface area contributed by atoms with Crippen molar-refractivity contribution in [2.75, 3.05) is 32.8 Å². The largest absolute Gasteiger partial charge is 0.493 e. The quantitative estimate of drug-likeness (QED) is 0.105. The monoisotopic (exact) mass is 781 g/mol. The van der Waals surface area contributed by atoms with E-state index in [9.17, 15) is 18.0 Å². The molecule has 56 heavy (non-hydrogen) atoms. The summed E-state index contributed by atoms with van der Waals surface area (Å²) >= 11 is 6.60. The normalized spacial score (nSPS) is 14.9. The molecule has 0 N–H and O–H groups in total. The minimum absolute atomic E-state index is 0.0472. The number of halogens is 4. The Morgan fingerprint density at radius 3 is 2.16 bits per heavy atom. The van der Waals surface area contributed by atoms with E-state index < -0.39 is 11.7 Å². The summed E-state index contributed by atoms with van der Waals surface area (Å²) in [7, 11) is 0. The van der Waals surface area contributed by atoms with Crippen LogP contribution in [0.2, 0.25) is 5.02 Å². The fourth-order valence-electron chi connectivity index (χ4n) is 6.57. The molecule has 1 amide bonds. The Hall–Kier alpha value is -5.32. The lowest BCUT2D eigenvalue weighted by Crippen LogP contribution is -2.47. The van der Waals surface area contributed by atoms with Crippen LogP contribution in [0.1, 0.15) is 57.7 Å². The summed E-state index contributed by atoms with van der Waals surface area (Å²) in [4.78, 5) is 21.6. The number of hydrogen-bond acceptors (Lipinski definition) is 6. The molecule has 0 atom stereocenters. The molecule has 1 saturated heterocycles. The number of pyridine rings is 1. The van der Waals surface area contributed by atoms with E-state index in [1.54, 1.807) is 30.4 Å². The topological polar surface area (TPSA) is 64.1 Å². The molecule has 1 aromatic heterocycles. The molecule has 0 unspecified atom stereocenters. The van der Waals surface area contributed by atoms with Gasteiger partial charge < -0.3 is 19.1 Å². The van der Waals surface area contributed by atoms with Crippen molar-refractivity contribution in [3.8, 4) is 23.1 Å². The van der Waals surface area contributed by atoms with Gasteiger partial charge in [0.2, 0.25) is 11.8 Å². The summed E-state index contributed by atoms with van der Waals surface area (Å²) in [6.45, 7) is 6.33. The fraction of sp³-hybridized carbons (Fsp3) is 0.289. The first kappa shape index (κ1) is 38.9. The first-order valence-corrected chi connectivity index (χ1v) is 19.2. The van der Waals surface area contributed by atoms with Crippen LogP contribution in [0.15, 0.2) is 109 Å². The van der Waals surface area contributed by atoms with Gasteiger partial charge in [-0.25, -0.2) is 4.98 Å². The predicted octanol–water partition coefficient (Wildman–Crippen LogP) is 10.3. The number of alkyl halides is 3. The molecule has 0 spiro atoms. The minimum atomic E-state index is -4.39. The highest BCUT2D eigenvalue weighted by atomic mass is 35.5. The van der Waals surface area contributed by atoms with Crippen LogP contribution in [0.5, 0.6) is 23.1 Å². The Balaban J connectivity index is 0.826. The summed E-state index contributed by atoms with van der Waals surface area (Å²) in [5, 5.41) is 0.366. The Labute approximate surface area is 330 Å². The highest BCUT2D eigenvalue weighted by Crippen LogP contribution is 2.40. The zero-order valence-corrected chi connectivity index (χ0v) is 31.9. The van der Waals surface area contributed by atoms with Gasteiger partial charge in [0.05, 0.1) is 23.4 Å². The van der Waals surface area contributed by atoms with Gasteiger partial charge in [0.15, 0.2) is 5.75 Å². The van der Waals surface area contributed by atoms with E-state index in [-0.39, 0.29) is 18.4 Å². The number of piperazine rings is 1. The van der Waals surface area contributed by atoms with Gasteiger partial charge in [0.25, 0.3) is 0 Å². The number of rotatable bonds is 14. The standard InChI is InChI=1S/C45H43ClF3N3O4/c1-31-26-35(27-41(46)44(31)56-42-18-17-40(28-50-42)55-30-34-6-13-38(14-7-34)45(47,48)49)8-19-43(53)52-23-21-51(22-24-52)29-33-4-2-32(3-5-33)20-25-54-39-15-11-37(12-16-39)36-9-10-36/h2-8,11-19,26-28,36H,9-10,20-25,29-30H2,1H3. The number of carbonyl (C=O) groups is 1. The van der Waals surface area contributed by atoms with Crippen molar-refractivity contribution >= 4 is 23.6 Å². The molecular formula is C45H43ClF3N3O4. The molecule has 7 nitrogen and oxygen atoms in total. The molecular weight excluding hydrogens is 739 g/mol. The average Bonchev–Trinajstić information content (AvgIpc) is 4.05. The molecule has 1 aliphatic carbocycles. The summed E-state index contributed by atoms with van der Waals surface area (Å²) in [5.41, 5.74) is 5.33. The molecule has 1 aliphatic heterocycles. The van der Waals surface area contributed by atoms with E-state index in [1.807, 2.05) is 17.9 Å². The van der Waals surface area contributed by atoms with Gasteiger partial charge in [-0.2, -0.15) is 13.2 Å². The lowest BCUT2D eigenvalue weighted by Gasteiger charge is -2.34. The molecule has 2 fully saturated rings. The third-order valence-corrected chi connectivity index (χ3v) is 10.3. The van der Waals surface area contributed by atoms with Crippen LogP contribution in [0.3, 0.4) is 0 Å². The zero-order valence-electron chi connectivity index (χ0n) is 31.1. The Kier molecular flexibility index (Phi) is 12.3. The van der Waals surface area contributed by atoms with Gasteiger partial charge in [-0.05, 0) is 108 Å². The number of nitrogens with zero attached hydrogens (tertiary/aromatic N) is 3. The van der Waals surface area contributed by atoms with E-state index in [1.165, 1.54) is 47.9 Å². The van der Waals surface area contributed by atoms with Gasteiger partial charge in [-0.15, -0.1) is 0 Å². The average molecular weight is 782 g/mol. The van der Waals surface area contributed by atoms with Crippen LogP contribution in [0.25, 0.3) is 6.08 Å². The van der Waals surface area contributed by atoms with E-state index in [0.717, 1.165) is 61.0 Å². The fourth-order valence-corrected chi connectivity index (χ4v) is 6.88. The first-order chi connectivity index (χ1) is 27.1. The molecule has 5 aromatic rings. The van der Waals surface area contributed by atoms with Crippen molar-refractivity contribution in [2.24, 2.45) is 0 Å². The summed E-state index contributed by atoms with van der Waals surface area (Å²) < 4.78 is 56.0. The Bertz CT molecular complexity index is 2090. The van der Waals surface area contributed by atoms with Crippen LogP contribution in [0.4, 0.5) is 13.2 Å². The van der Waals surface area contributed by atoms with Gasteiger partial charge in [0, 0.05) is 51.3 Å². The van der Waals surface area contributed by atoms with Crippen molar-refractivity contribution in [2.45, 2.75) is 51.4 Å². The van der Waals surface area contributed by atoms with Crippen LogP contribution in [-0.4, -0.2) is 53.5 Å². The van der Waals surface area contributed by atoms with Gasteiger partial charge in [-0.1, -0.05) is 60.1 Å². The second-order valence-corrected chi connectivity index (χ2v) is 14.7. The second-order valence-electron chi connectivity index (χ2n) is 14.3. The summed E-state index contributed by atoms with van der Waals surface area (Å²) in [6, 6.07) is 29.0. The minimum Gasteiger partial charge on any atom is -0.493 e. The van der Waals surface area contributed by atoms with Crippen molar-refractivity contribution in [3.63, 3.8) is 0 Å². The summed E-state index contributed by atoms with van der Waals surface area (Å²) in [5.74, 6) is 2.79. The van der Waals surface area contributed by atoms with E-state index in [0.29, 0.717) is 41.8 Å². The number of aryl methyl sites for hydroxylation is 1. The van der Waals surface area contributed by atoms with Crippen molar-refractivity contribution in [1.82, 2.24) is 14.8 Å². The number of benzene rings is 4. The van der Waals surface area contributed by atoms with Gasteiger partial charge >= 0.3 is 6.18 Å². The summed E-state index contributed by atoms with van der Waals surface area (Å²) in [6.07, 6.45) is 3.89. The van der Waals surface area contributed by atoms with Crippen molar-refractivity contribution < 1.29 is 32.2 Å². The SMILES string of the molecule is Cc1cc(C=CC(=O)N2CCN(Cc3ccc(CCOc4ccc(C5CC5)cc4)cc3)CC2)cc(Cl)c1Oc1ccc(OCc2ccc(C(F)(F)F)cc2)cn1. The van der Waals surface area contributed by atoms with Crippen LogP contribution < -0.4 is 14.2 Å². The lowest BCUT2D eigenvalue weighted by atomic mass is 10.1. The third-order valence-electron chi connectivity index (χ3n) is 9.97. The van der Waals surface area contributed by atoms with Crippen LogP contribution in [0, 0.1) is 6.92 Å². The second kappa shape index (κ2) is 17.6. The van der Waals surface area contributed by atoms with Gasteiger partial charge in [0.1, 0.15) is 18.1 Å². The lowest BCUT2D eigenvalue weighted by molar-refractivity contribution is -0.137. The molecule has 7 rings (SSSR count). The zero-order chi connectivity index (χ0) is 39.1. The maximum Gasteiger partial charge on any atom is 0.416 e. The van der Waals surface area contributed by atoms with Crippen molar-refractivity contribution in [3.05, 3.63) is 153 Å². The molecule has 4 aromatic carbocycles. The molecule has 1 saturated carbocycles. The molecule has 2 aliphatic rings. The number of hydrogen-bond donors (Lipinski definition) is 0. The maximum absolute atomic E-state index is 13.1. The van der Waals surface area contributed by atoms with Gasteiger partial charge in [-0.3, -0.25) is 9.69 Å². The first-order valence-electron chi connectivity index (χ1n) is 18.8. The van der Waals surface area contributed by atoms with Crippen molar-refractivity contribution in [1.29, 1.82) is 0 Å². The number of amides is 1. The Morgan fingerprint density at radius 1 is 0.839 bits per heavy atom. The van der Waals surface area contributed by atoms with E-state index in [2.05, 4.69) is 58.4 Å². The smallest absolute Gasteiger partial charge is 0.416 e. The molecule has 11 heteroatoms. The maximum atomic E-state index is 13.1. The number of carbonyl (C=O) groups excluding carboxylic acids is 1.